The molecule has 0 aliphatic rings. The number of pyridine rings is 1. The fourth-order valence-corrected chi connectivity index (χ4v) is 1.32. The predicted molar refractivity (Wildman–Crippen MR) is 69.7 cm³/mol. The number of aromatic carboxylic acids is 1. The van der Waals surface area contributed by atoms with Crippen molar-refractivity contribution in [2.45, 2.75) is 6.92 Å². The highest BCUT2D eigenvalue weighted by Gasteiger charge is 2.19. The van der Waals surface area contributed by atoms with Gasteiger partial charge < -0.3 is 15.3 Å². The third-order valence-electron chi connectivity index (χ3n) is 2.62. The van der Waals surface area contributed by atoms with E-state index < -0.39 is 16.6 Å². The summed E-state index contributed by atoms with van der Waals surface area (Å²) in [5.41, 5.74) is -0.781. The van der Waals surface area contributed by atoms with Crippen LogP contribution in [0.25, 0.3) is 0 Å². The lowest BCUT2D eigenvalue weighted by Gasteiger charge is -2.14. The summed E-state index contributed by atoms with van der Waals surface area (Å²) in [7, 11) is 1.60. The maximum Gasteiger partial charge on any atom is 0.337 e. The molecule has 0 saturated heterocycles. The van der Waals surface area contributed by atoms with Crippen LogP contribution >= 0.6 is 0 Å². The molecule has 9 heteroatoms. The molecule has 1 rings (SSSR count). The van der Waals surface area contributed by atoms with Crippen molar-refractivity contribution in [2.75, 3.05) is 25.5 Å². The number of nitrogens with one attached hydrogen (secondary N) is 1. The van der Waals surface area contributed by atoms with E-state index in [4.69, 9.17) is 5.11 Å². The highest BCUT2D eigenvalue weighted by Crippen LogP contribution is 2.22. The highest BCUT2D eigenvalue weighted by molar-refractivity contribution is 5.89. The highest BCUT2D eigenvalue weighted by atomic mass is 16.6. The molecule has 108 valence electrons. The molecule has 0 bridgehead atoms. The number of carboxylic acid groups (broad SMARTS) is 1. The van der Waals surface area contributed by atoms with Gasteiger partial charge in [0.2, 0.25) is 11.7 Å². The lowest BCUT2D eigenvalue weighted by Crippen LogP contribution is -2.32. The summed E-state index contributed by atoms with van der Waals surface area (Å²) in [6.07, 6.45) is 0.992. The predicted octanol–water partition coefficient (Wildman–Crippen LogP) is 0.578. The SMILES string of the molecule is CCN(C)C(=O)CNc1ncc(C(=O)O)cc1[N+](=O)[O-]. The van der Waals surface area contributed by atoms with Crippen LogP contribution in [0.4, 0.5) is 11.5 Å². The summed E-state index contributed by atoms with van der Waals surface area (Å²) >= 11 is 0. The Hall–Kier alpha value is -2.71. The second-order valence-electron chi connectivity index (χ2n) is 3.92. The van der Waals surface area contributed by atoms with Gasteiger partial charge in [-0.05, 0) is 6.92 Å². The molecule has 1 amide bonds. The Labute approximate surface area is 114 Å². The zero-order valence-electron chi connectivity index (χ0n) is 11.0. The van der Waals surface area contributed by atoms with Gasteiger partial charge in [-0.15, -0.1) is 0 Å². The number of amides is 1. The van der Waals surface area contributed by atoms with E-state index in [0.717, 1.165) is 12.3 Å². The zero-order valence-corrected chi connectivity index (χ0v) is 11.0. The minimum absolute atomic E-state index is 0.141. The first-order valence-corrected chi connectivity index (χ1v) is 5.72. The van der Waals surface area contributed by atoms with E-state index in [1.54, 1.807) is 14.0 Å². The third-order valence-corrected chi connectivity index (χ3v) is 2.62. The van der Waals surface area contributed by atoms with Gasteiger partial charge in [0.05, 0.1) is 17.0 Å². The molecule has 0 aliphatic heterocycles. The average molecular weight is 282 g/mol. The van der Waals surface area contributed by atoms with Gasteiger partial charge >= 0.3 is 11.7 Å². The average Bonchev–Trinajstić information content (AvgIpc) is 2.43. The van der Waals surface area contributed by atoms with E-state index >= 15 is 0 Å². The Bertz CT molecular complexity index is 546. The molecule has 0 aromatic carbocycles. The van der Waals surface area contributed by atoms with Crippen molar-refractivity contribution in [2.24, 2.45) is 0 Å². The number of nitro groups is 1. The van der Waals surface area contributed by atoms with Crippen LogP contribution in [0.3, 0.4) is 0 Å². The van der Waals surface area contributed by atoms with E-state index in [9.17, 15) is 19.7 Å². The monoisotopic (exact) mass is 282 g/mol. The van der Waals surface area contributed by atoms with E-state index in [1.165, 1.54) is 4.90 Å². The smallest absolute Gasteiger partial charge is 0.337 e. The van der Waals surface area contributed by atoms with Gasteiger partial charge in [0.1, 0.15) is 0 Å². The van der Waals surface area contributed by atoms with Gasteiger partial charge in [-0.1, -0.05) is 0 Å². The molecule has 0 aliphatic carbocycles. The number of hydrogen-bond donors (Lipinski definition) is 2. The summed E-state index contributed by atoms with van der Waals surface area (Å²) in [6, 6.07) is 0.895. The molecule has 0 radical (unpaired) electrons. The second-order valence-corrected chi connectivity index (χ2v) is 3.92. The molecular formula is C11H14N4O5. The van der Waals surface area contributed by atoms with Gasteiger partial charge in [-0.3, -0.25) is 14.9 Å². The van der Waals surface area contributed by atoms with Crippen LogP contribution in [-0.4, -0.2) is 51.9 Å². The number of aromatic nitrogens is 1. The van der Waals surface area contributed by atoms with E-state index in [2.05, 4.69) is 10.3 Å². The van der Waals surface area contributed by atoms with Crippen molar-refractivity contribution >= 4 is 23.4 Å². The second kappa shape index (κ2) is 6.45. The number of anilines is 1. The first kappa shape index (κ1) is 15.3. The Balaban J connectivity index is 2.92. The standard InChI is InChI=1S/C11H14N4O5/c1-3-14(2)9(16)6-13-10-8(15(19)20)4-7(5-12-10)11(17)18/h4-5H,3,6H2,1-2H3,(H,12,13)(H,17,18). The minimum Gasteiger partial charge on any atom is -0.478 e. The normalized spacial score (nSPS) is 9.90. The number of hydrogen-bond acceptors (Lipinski definition) is 6. The molecule has 9 nitrogen and oxygen atoms in total. The van der Waals surface area contributed by atoms with Gasteiger partial charge in [-0.2, -0.15) is 0 Å². The molecule has 20 heavy (non-hydrogen) atoms. The van der Waals surface area contributed by atoms with Gasteiger partial charge in [-0.25, -0.2) is 9.78 Å². The Morgan fingerprint density at radius 2 is 2.20 bits per heavy atom. The van der Waals surface area contributed by atoms with Gasteiger partial charge in [0.25, 0.3) is 0 Å². The van der Waals surface area contributed by atoms with E-state index in [-0.39, 0.29) is 23.8 Å². The summed E-state index contributed by atoms with van der Waals surface area (Å²) < 4.78 is 0. The fourth-order valence-electron chi connectivity index (χ4n) is 1.32. The molecule has 1 heterocycles. The quantitative estimate of drug-likeness (QED) is 0.577. The lowest BCUT2D eigenvalue weighted by atomic mass is 10.2. The summed E-state index contributed by atoms with van der Waals surface area (Å²) in [5, 5.41) is 22.2. The molecule has 1 aromatic heterocycles. The van der Waals surface area contributed by atoms with Crippen molar-refractivity contribution in [1.82, 2.24) is 9.88 Å². The van der Waals surface area contributed by atoms with Gasteiger partial charge in [0, 0.05) is 25.9 Å². The van der Waals surface area contributed by atoms with E-state index in [1.807, 2.05) is 0 Å². The number of rotatable bonds is 6. The van der Waals surface area contributed by atoms with Crippen LogP contribution in [0.2, 0.25) is 0 Å². The minimum atomic E-state index is -1.31. The molecule has 2 N–H and O–H groups in total. The van der Waals surface area contributed by atoms with Crippen molar-refractivity contribution in [3.63, 3.8) is 0 Å². The number of carbonyl (C=O) groups is 2. The number of likely N-dealkylation sites (N-methyl/N-ethyl adjacent to an activating group) is 1. The largest absolute Gasteiger partial charge is 0.478 e. The first-order chi connectivity index (χ1) is 9.36. The summed E-state index contributed by atoms with van der Waals surface area (Å²) in [4.78, 5) is 37.5. The van der Waals surface area contributed by atoms with Gasteiger partial charge in [0.15, 0.2) is 0 Å². The molecule has 0 atom stereocenters. The first-order valence-electron chi connectivity index (χ1n) is 5.72. The van der Waals surface area contributed by atoms with Crippen LogP contribution in [-0.2, 0) is 4.79 Å². The van der Waals surface area contributed by atoms with Crippen LogP contribution in [0.1, 0.15) is 17.3 Å². The number of nitrogens with zero attached hydrogens (tertiary/aromatic N) is 3. The third kappa shape index (κ3) is 3.64. The van der Waals surface area contributed by atoms with E-state index in [0.29, 0.717) is 6.54 Å². The fraction of sp³-hybridized carbons (Fsp3) is 0.364. The van der Waals surface area contributed by atoms with Crippen molar-refractivity contribution < 1.29 is 19.6 Å². The summed E-state index contributed by atoms with van der Waals surface area (Å²) in [6.45, 7) is 2.14. The molecule has 0 fully saturated rings. The lowest BCUT2D eigenvalue weighted by molar-refractivity contribution is -0.384. The number of carbonyl (C=O) groups excluding carboxylic acids is 1. The van der Waals surface area contributed by atoms with Crippen LogP contribution in [0, 0.1) is 10.1 Å². The number of carboxylic acids is 1. The van der Waals surface area contributed by atoms with Crippen molar-refractivity contribution in [1.29, 1.82) is 0 Å². The van der Waals surface area contributed by atoms with Crippen LogP contribution < -0.4 is 5.32 Å². The molecule has 1 aromatic rings. The van der Waals surface area contributed by atoms with Crippen molar-refractivity contribution in [3.8, 4) is 0 Å². The Morgan fingerprint density at radius 3 is 2.70 bits per heavy atom. The summed E-state index contributed by atoms with van der Waals surface area (Å²) in [5.74, 6) is -1.71. The molecule has 0 saturated carbocycles. The molecule has 0 unspecified atom stereocenters. The Kier molecular flexibility index (Phi) is 4.95. The maximum absolute atomic E-state index is 11.6. The Morgan fingerprint density at radius 1 is 1.55 bits per heavy atom. The van der Waals surface area contributed by atoms with Crippen LogP contribution in [0.15, 0.2) is 12.3 Å². The molecular weight excluding hydrogens is 268 g/mol. The molecule has 0 spiro atoms. The van der Waals surface area contributed by atoms with Crippen molar-refractivity contribution in [3.05, 3.63) is 27.9 Å². The van der Waals surface area contributed by atoms with Crippen LogP contribution in [0.5, 0.6) is 0 Å². The zero-order chi connectivity index (χ0) is 15.3. The maximum atomic E-state index is 11.6. The topological polar surface area (TPSA) is 126 Å².